The Labute approximate surface area is 95.5 Å². The van der Waals surface area contributed by atoms with Gasteiger partial charge in [0.2, 0.25) is 0 Å². The number of hydrogen-bond donors (Lipinski definition) is 2. The average Bonchev–Trinajstić information content (AvgIpc) is 2.58. The first-order valence-corrected chi connectivity index (χ1v) is 5.57. The van der Waals surface area contributed by atoms with Crippen molar-refractivity contribution >= 4 is 5.97 Å². The van der Waals surface area contributed by atoms with Crippen molar-refractivity contribution in [2.75, 3.05) is 6.54 Å². The van der Waals surface area contributed by atoms with E-state index >= 15 is 0 Å². The summed E-state index contributed by atoms with van der Waals surface area (Å²) in [5, 5.41) is 16.0. The van der Waals surface area contributed by atoms with Crippen LogP contribution in [0.1, 0.15) is 31.0 Å². The summed E-state index contributed by atoms with van der Waals surface area (Å²) < 4.78 is 1.81. The number of aliphatic carboxylic acids is 1. The number of carboxylic acids is 1. The van der Waals surface area contributed by atoms with Gasteiger partial charge in [-0.05, 0) is 19.4 Å². The van der Waals surface area contributed by atoms with Crippen molar-refractivity contribution in [3.05, 3.63) is 17.5 Å². The van der Waals surface area contributed by atoms with Gasteiger partial charge < -0.3 is 10.4 Å². The molecule has 1 aromatic rings. The van der Waals surface area contributed by atoms with Gasteiger partial charge in [0.15, 0.2) is 0 Å². The number of rotatable bonds is 7. The van der Waals surface area contributed by atoms with Crippen molar-refractivity contribution in [2.45, 2.75) is 32.7 Å². The van der Waals surface area contributed by atoms with E-state index < -0.39 is 5.97 Å². The van der Waals surface area contributed by atoms with Crippen molar-refractivity contribution in [3.63, 3.8) is 0 Å². The molecule has 0 bridgehead atoms. The molecule has 0 unspecified atom stereocenters. The van der Waals surface area contributed by atoms with Crippen LogP contribution in [-0.2, 0) is 24.8 Å². The molecule has 5 heteroatoms. The number of aromatic nitrogens is 2. The second-order valence-corrected chi connectivity index (χ2v) is 3.80. The van der Waals surface area contributed by atoms with Gasteiger partial charge in [-0.25, -0.2) is 0 Å². The first kappa shape index (κ1) is 12.7. The third-order valence-electron chi connectivity index (χ3n) is 2.39. The van der Waals surface area contributed by atoms with Gasteiger partial charge in [0, 0.05) is 31.8 Å². The van der Waals surface area contributed by atoms with Crippen LogP contribution >= 0.6 is 0 Å². The molecule has 0 aliphatic rings. The van der Waals surface area contributed by atoms with Crippen molar-refractivity contribution in [3.8, 4) is 0 Å². The Hall–Kier alpha value is -1.36. The van der Waals surface area contributed by atoms with Crippen LogP contribution in [0.3, 0.4) is 0 Å². The molecule has 1 aromatic heterocycles. The lowest BCUT2D eigenvalue weighted by atomic mass is 10.2. The van der Waals surface area contributed by atoms with Crippen LogP contribution in [-0.4, -0.2) is 27.4 Å². The maximum atomic E-state index is 10.3. The highest BCUT2D eigenvalue weighted by Gasteiger charge is 2.04. The Bertz CT molecular complexity index is 347. The largest absolute Gasteiger partial charge is 0.481 e. The number of nitrogens with zero attached hydrogens (tertiary/aromatic N) is 2. The van der Waals surface area contributed by atoms with E-state index in [1.165, 1.54) is 5.56 Å². The highest BCUT2D eigenvalue weighted by molar-refractivity contribution is 5.66. The van der Waals surface area contributed by atoms with E-state index in [-0.39, 0.29) is 6.42 Å². The van der Waals surface area contributed by atoms with E-state index in [4.69, 9.17) is 5.11 Å². The minimum atomic E-state index is -0.738. The quantitative estimate of drug-likeness (QED) is 0.678. The number of carboxylic acid groups (broad SMARTS) is 1. The van der Waals surface area contributed by atoms with Gasteiger partial charge in [-0.1, -0.05) is 6.92 Å². The van der Waals surface area contributed by atoms with Gasteiger partial charge in [0.1, 0.15) is 0 Å². The first-order valence-electron chi connectivity index (χ1n) is 5.57. The summed E-state index contributed by atoms with van der Waals surface area (Å²) >= 11 is 0. The van der Waals surface area contributed by atoms with Crippen LogP contribution in [0.15, 0.2) is 6.20 Å². The molecule has 0 saturated heterocycles. The summed E-state index contributed by atoms with van der Waals surface area (Å²) in [6.45, 7) is 3.57. The highest BCUT2D eigenvalue weighted by atomic mass is 16.4. The Kier molecular flexibility index (Phi) is 4.98. The molecule has 0 fully saturated rings. The number of carbonyl (C=O) groups is 1. The molecule has 0 aromatic carbocycles. The molecule has 90 valence electrons. The predicted molar refractivity (Wildman–Crippen MR) is 61.2 cm³/mol. The number of nitrogens with one attached hydrogen (secondary N) is 1. The zero-order valence-corrected chi connectivity index (χ0v) is 9.86. The van der Waals surface area contributed by atoms with Crippen LogP contribution in [0.5, 0.6) is 0 Å². The van der Waals surface area contributed by atoms with E-state index in [9.17, 15) is 4.79 Å². The highest BCUT2D eigenvalue weighted by Crippen LogP contribution is 2.06. The molecule has 1 rings (SSSR count). The Morgan fingerprint density at radius 3 is 3.00 bits per heavy atom. The summed E-state index contributed by atoms with van der Waals surface area (Å²) in [6.07, 6.45) is 3.81. The Morgan fingerprint density at radius 1 is 1.62 bits per heavy atom. The van der Waals surface area contributed by atoms with Crippen molar-refractivity contribution in [1.82, 2.24) is 15.1 Å². The molecule has 1 heterocycles. The van der Waals surface area contributed by atoms with Crippen molar-refractivity contribution in [1.29, 1.82) is 0 Å². The first-order chi connectivity index (χ1) is 7.63. The lowest BCUT2D eigenvalue weighted by molar-refractivity contribution is -0.137. The standard InChI is InChI=1S/C11H19N3O2/c1-3-10-9(8-14(2)13-10)7-12-6-4-5-11(15)16/h8,12H,3-7H2,1-2H3,(H,15,16). The smallest absolute Gasteiger partial charge is 0.303 e. The molecule has 0 spiro atoms. The van der Waals surface area contributed by atoms with Gasteiger partial charge in [0.05, 0.1) is 5.69 Å². The topological polar surface area (TPSA) is 67.2 Å². The molecule has 0 amide bonds. The zero-order valence-electron chi connectivity index (χ0n) is 9.86. The Morgan fingerprint density at radius 2 is 2.38 bits per heavy atom. The normalized spacial score (nSPS) is 10.6. The van der Waals surface area contributed by atoms with Crippen LogP contribution in [0, 0.1) is 0 Å². The van der Waals surface area contributed by atoms with Gasteiger partial charge in [0.25, 0.3) is 0 Å². The third-order valence-corrected chi connectivity index (χ3v) is 2.39. The summed E-state index contributed by atoms with van der Waals surface area (Å²) in [5.41, 5.74) is 2.30. The SMILES string of the molecule is CCc1nn(C)cc1CNCCCC(=O)O. The maximum Gasteiger partial charge on any atom is 0.303 e. The van der Waals surface area contributed by atoms with Crippen LogP contribution in [0.2, 0.25) is 0 Å². The van der Waals surface area contributed by atoms with E-state index in [0.29, 0.717) is 6.42 Å². The van der Waals surface area contributed by atoms with E-state index in [1.54, 1.807) is 0 Å². The fourth-order valence-electron chi connectivity index (χ4n) is 1.62. The second kappa shape index (κ2) is 6.27. The van der Waals surface area contributed by atoms with E-state index in [1.807, 2.05) is 17.9 Å². The van der Waals surface area contributed by atoms with Gasteiger partial charge in [-0.3, -0.25) is 9.48 Å². The third kappa shape index (κ3) is 4.02. The summed E-state index contributed by atoms with van der Waals surface area (Å²) in [5.74, 6) is -0.738. The maximum absolute atomic E-state index is 10.3. The summed E-state index contributed by atoms with van der Waals surface area (Å²) in [7, 11) is 1.91. The molecule has 0 atom stereocenters. The van der Waals surface area contributed by atoms with Crippen molar-refractivity contribution in [2.24, 2.45) is 7.05 Å². The fraction of sp³-hybridized carbons (Fsp3) is 0.636. The molecule has 0 saturated carbocycles. The minimum Gasteiger partial charge on any atom is -0.481 e. The van der Waals surface area contributed by atoms with E-state index in [0.717, 1.165) is 25.2 Å². The van der Waals surface area contributed by atoms with E-state index in [2.05, 4.69) is 17.3 Å². The van der Waals surface area contributed by atoms with Crippen LogP contribution in [0.25, 0.3) is 0 Å². The van der Waals surface area contributed by atoms with Crippen LogP contribution < -0.4 is 5.32 Å². The fourth-order valence-corrected chi connectivity index (χ4v) is 1.62. The number of hydrogen-bond acceptors (Lipinski definition) is 3. The van der Waals surface area contributed by atoms with Gasteiger partial charge in [-0.2, -0.15) is 5.10 Å². The van der Waals surface area contributed by atoms with Crippen molar-refractivity contribution < 1.29 is 9.90 Å². The molecule has 0 aliphatic heterocycles. The molecule has 5 nitrogen and oxygen atoms in total. The predicted octanol–water partition coefficient (Wildman–Crippen LogP) is 0.937. The minimum absolute atomic E-state index is 0.223. The second-order valence-electron chi connectivity index (χ2n) is 3.80. The number of aryl methyl sites for hydroxylation is 2. The van der Waals surface area contributed by atoms with Gasteiger partial charge in [-0.15, -0.1) is 0 Å². The lowest BCUT2D eigenvalue weighted by Crippen LogP contribution is -2.16. The summed E-state index contributed by atoms with van der Waals surface area (Å²) in [6, 6.07) is 0. The zero-order chi connectivity index (χ0) is 12.0. The molecular formula is C11H19N3O2. The monoisotopic (exact) mass is 225 g/mol. The molecule has 0 radical (unpaired) electrons. The average molecular weight is 225 g/mol. The lowest BCUT2D eigenvalue weighted by Gasteiger charge is -2.02. The molecule has 2 N–H and O–H groups in total. The molecular weight excluding hydrogens is 206 g/mol. The molecule has 0 aliphatic carbocycles. The Balaban J connectivity index is 2.28. The molecule has 16 heavy (non-hydrogen) atoms. The van der Waals surface area contributed by atoms with Crippen LogP contribution in [0.4, 0.5) is 0 Å². The van der Waals surface area contributed by atoms with Gasteiger partial charge >= 0.3 is 5.97 Å². The summed E-state index contributed by atoms with van der Waals surface area (Å²) in [4.78, 5) is 10.3.